The van der Waals surface area contributed by atoms with Gasteiger partial charge < -0.3 is 4.98 Å². The second-order valence-corrected chi connectivity index (χ2v) is 2.50. The first-order valence-corrected chi connectivity index (χ1v) is 3.52. The van der Waals surface area contributed by atoms with E-state index in [1.54, 1.807) is 0 Å². The highest BCUT2D eigenvalue weighted by molar-refractivity contribution is 5.72. The fraction of sp³-hybridized carbons (Fsp3) is 0. The van der Waals surface area contributed by atoms with Crippen molar-refractivity contribution in [3.63, 3.8) is 0 Å². The monoisotopic (exact) mass is 179 g/mol. The van der Waals surface area contributed by atoms with Crippen LogP contribution in [0.1, 0.15) is 0 Å². The lowest BCUT2D eigenvalue weighted by molar-refractivity contribution is 1.06. The van der Waals surface area contributed by atoms with Gasteiger partial charge in [-0.3, -0.25) is 19.6 Å². The van der Waals surface area contributed by atoms with Gasteiger partial charge in [-0.1, -0.05) is 0 Å². The summed E-state index contributed by atoms with van der Waals surface area (Å²) in [5.74, 6) is 0. The van der Waals surface area contributed by atoms with Crippen molar-refractivity contribution >= 4 is 11.0 Å². The molecule has 0 radical (unpaired) electrons. The third kappa shape index (κ3) is 1.08. The summed E-state index contributed by atoms with van der Waals surface area (Å²) < 4.78 is 0. The fourth-order valence-corrected chi connectivity index (χ4v) is 1.11. The SMILES string of the molecule is O=c1[nH]c(=O)c2c(=O)cc[nH]c2[nH]1. The van der Waals surface area contributed by atoms with Crippen LogP contribution < -0.4 is 16.7 Å². The molecule has 3 N–H and O–H groups in total. The first-order chi connectivity index (χ1) is 6.18. The van der Waals surface area contributed by atoms with Gasteiger partial charge in [0.05, 0.1) is 0 Å². The van der Waals surface area contributed by atoms with Crippen LogP contribution in [-0.4, -0.2) is 15.0 Å². The van der Waals surface area contributed by atoms with E-state index in [9.17, 15) is 14.4 Å². The highest BCUT2D eigenvalue weighted by Crippen LogP contribution is 1.90. The van der Waals surface area contributed by atoms with E-state index in [1.807, 2.05) is 4.98 Å². The number of nitrogens with one attached hydrogen (secondary N) is 3. The van der Waals surface area contributed by atoms with Crippen LogP contribution in [0.25, 0.3) is 11.0 Å². The quantitative estimate of drug-likeness (QED) is 0.479. The molecule has 0 unspecified atom stereocenters. The minimum atomic E-state index is -0.680. The molecule has 0 spiro atoms. The summed E-state index contributed by atoms with van der Waals surface area (Å²) in [5.41, 5.74) is -1.60. The summed E-state index contributed by atoms with van der Waals surface area (Å²) in [5, 5.41) is -0.0675. The van der Waals surface area contributed by atoms with Crippen LogP contribution in [0, 0.1) is 0 Å². The van der Waals surface area contributed by atoms with Crippen LogP contribution >= 0.6 is 0 Å². The maximum absolute atomic E-state index is 11.1. The van der Waals surface area contributed by atoms with E-state index in [4.69, 9.17) is 0 Å². The number of aromatic nitrogens is 3. The average molecular weight is 179 g/mol. The van der Waals surface area contributed by atoms with E-state index in [1.165, 1.54) is 12.3 Å². The number of aromatic amines is 3. The third-order valence-corrected chi connectivity index (χ3v) is 1.65. The predicted octanol–water partition coefficient (Wildman–Crippen LogP) is -1.10. The molecule has 2 heterocycles. The molecular weight excluding hydrogens is 174 g/mol. The minimum absolute atomic E-state index is 0.0675. The molecule has 0 fully saturated rings. The minimum Gasteiger partial charge on any atom is -0.347 e. The molecule has 0 atom stereocenters. The van der Waals surface area contributed by atoms with Crippen molar-refractivity contribution in [2.75, 3.05) is 0 Å². The molecule has 66 valence electrons. The van der Waals surface area contributed by atoms with Crippen molar-refractivity contribution in [1.82, 2.24) is 15.0 Å². The van der Waals surface area contributed by atoms with Crippen molar-refractivity contribution in [3.8, 4) is 0 Å². The number of pyridine rings is 1. The van der Waals surface area contributed by atoms with Crippen LogP contribution in [0.15, 0.2) is 26.6 Å². The Morgan fingerprint density at radius 1 is 1.08 bits per heavy atom. The molecule has 2 aromatic rings. The van der Waals surface area contributed by atoms with E-state index in [0.29, 0.717) is 0 Å². The molecule has 13 heavy (non-hydrogen) atoms. The second-order valence-electron chi connectivity index (χ2n) is 2.50. The Hall–Kier alpha value is -2.11. The maximum atomic E-state index is 11.1. The van der Waals surface area contributed by atoms with Gasteiger partial charge in [0.25, 0.3) is 5.56 Å². The Balaban J connectivity index is 3.22. The number of hydrogen-bond donors (Lipinski definition) is 3. The molecule has 0 saturated carbocycles. The number of fused-ring (bicyclic) bond motifs is 1. The Bertz CT molecular complexity index is 619. The summed E-state index contributed by atoms with van der Waals surface area (Å²) >= 11 is 0. The van der Waals surface area contributed by atoms with E-state index in [0.717, 1.165) is 0 Å². The van der Waals surface area contributed by atoms with Gasteiger partial charge in [0.2, 0.25) is 0 Å². The van der Waals surface area contributed by atoms with Crippen molar-refractivity contribution in [2.24, 2.45) is 0 Å². The topological polar surface area (TPSA) is 98.6 Å². The molecule has 0 amide bonds. The predicted molar refractivity (Wildman–Crippen MR) is 45.8 cm³/mol. The zero-order valence-electron chi connectivity index (χ0n) is 6.38. The molecule has 2 aromatic heterocycles. The van der Waals surface area contributed by atoms with Crippen LogP contribution in [0.2, 0.25) is 0 Å². The summed E-state index contributed by atoms with van der Waals surface area (Å²) in [4.78, 5) is 39.9. The Kier molecular flexibility index (Phi) is 1.42. The van der Waals surface area contributed by atoms with E-state index in [-0.39, 0.29) is 11.0 Å². The van der Waals surface area contributed by atoms with Gasteiger partial charge in [0, 0.05) is 12.3 Å². The lowest BCUT2D eigenvalue weighted by Crippen LogP contribution is -2.26. The lowest BCUT2D eigenvalue weighted by atomic mass is 10.3. The maximum Gasteiger partial charge on any atom is 0.327 e. The molecular formula is C7H5N3O3. The second kappa shape index (κ2) is 2.44. The van der Waals surface area contributed by atoms with E-state index >= 15 is 0 Å². The first kappa shape index (κ1) is 7.53. The van der Waals surface area contributed by atoms with Gasteiger partial charge in [-0.2, -0.15) is 0 Å². The number of hydrogen-bond acceptors (Lipinski definition) is 3. The molecule has 0 bridgehead atoms. The largest absolute Gasteiger partial charge is 0.347 e. The van der Waals surface area contributed by atoms with Gasteiger partial charge in [-0.15, -0.1) is 0 Å². The van der Waals surface area contributed by atoms with Crippen molar-refractivity contribution in [3.05, 3.63) is 43.3 Å². The first-order valence-electron chi connectivity index (χ1n) is 3.52. The van der Waals surface area contributed by atoms with E-state index < -0.39 is 16.7 Å². The standard InChI is InChI=1S/C7H5N3O3/c11-3-1-2-8-5-4(3)6(12)10-7(13)9-5/h1-2H,(H3,8,9,10,11,12,13). The summed E-state index contributed by atoms with van der Waals surface area (Å²) in [6.45, 7) is 0. The van der Waals surface area contributed by atoms with Crippen LogP contribution in [0.3, 0.4) is 0 Å². The molecule has 6 heteroatoms. The van der Waals surface area contributed by atoms with Crippen molar-refractivity contribution < 1.29 is 0 Å². The van der Waals surface area contributed by atoms with E-state index in [2.05, 4.69) is 9.97 Å². The van der Waals surface area contributed by atoms with Gasteiger partial charge in [0.15, 0.2) is 5.43 Å². The normalized spacial score (nSPS) is 10.5. The summed E-state index contributed by atoms with van der Waals surface area (Å²) in [7, 11) is 0. The molecule has 6 nitrogen and oxygen atoms in total. The smallest absolute Gasteiger partial charge is 0.327 e. The highest BCUT2D eigenvalue weighted by atomic mass is 16.2. The van der Waals surface area contributed by atoms with Gasteiger partial charge in [0.1, 0.15) is 11.0 Å². The lowest BCUT2D eigenvalue weighted by Gasteiger charge is -1.92. The molecule has 0 aliphatic carbocycles. The average Bonchev–Trinajstić information content (AvgIpc) is 2.02. The van der Waals surface area contributed by atoms with Crippen molar-refractivity contribution in [1.29, 1.82) is 0 Å². The van der Waals surface area contributed by atoms with Gasteiger partial charge >= 0.3 is 5.69 Å². The van der Waals surface area contributed by atoms with Gasteiger partial charge in [-0.05, 0) is 0 Å². The van der Waals surface area contributed by atoms with Gasteiger partial charge in [-0.25, -0.2) is 4.79 Å². The van der Waals surface area contributed by atoms with Crippen LogP contribution in [0.5, 0.6) is 0 Å². The van der Waals surface area contributed by atoms with Crippen LogP contribution in [0.4, 0.5) is 0 Å². The molecule has 0 saturated heterocycles. The Morgan fingerprint density at radius 3 is 2.62 bits per heavy atom. The highest BCUT2D eigenvalue weighted by Gasteiger charge is 2.02. The number of rotatable bonds is 0. The fourth-order valence-electron chi connectivity index (χ4n) is 1.11. The summed E-state index contributed by atoms with van der Waals surface area (Å²) in [6, 6.07) is 1.22. The Labute approximate surface area is 70.3 Å². The number of H-pyrrole nitrogens is 3. The molecule has 0 aliphatic rings. The molecule has 0 aliphatic heterocycles. The molecule has 2 rings (SSSR count). The zero-order valence-corrected chi connectivity index (χ0v) is 6.38. The zero-order chi connectivity index (χ0) is 9.42. The van der Waals surface area contributed by atoms with Crippen molar-refractivity contribution in [2.45, 2.75) is 0 Å². The third-order valence-electron chi connectivity index (χ3n) is 1.65. The Morgan fingerprint density at radius 2 is 1.85 bits per heavy atom. The molecule has 0 aromatic carbocycles. The summed E-state index contributed by atoms with van der Waals surface area (Å²) in [6.07, 6.45) is 1.36. The van der Waals surface area contributed by atoms with Crippen LogP contribution in [-0.2, 0) is 0 Å².